The summed E-state index contributed by atoms with van der Waals surface area (Å²) >= 11 is 0. The number of alkyl halides is 3. The Bertz CT molecular complexity index is 599. The first kappa shape index (κ1) is 13.1. The largest absolute Gasteiger partial charge is 0.573 e. The standard InChI is InChI=1S/C12H8F4N2O/c13-10-6-18-5-9(11(10)17)7-2-1-3-8(4-7)19-12(14,15)16/h1-6H,(H2,17,18). The molecule has 0 spiro atoms. The maximum atomic E-state index is 13.2. The zero-order valence-electron chi connectivity index (χ0n) is 9.41. The SMILES string of the molecule is Nc1c(F)cncc1-c1cccc(OC(F)(F)F)c1. The lowest BCUT2D eigenvalue weighted by Crippen LogP contribution is -2.17. The van der Waals surface area contributed by atoms with Crippen molar-refractivity contribution in [2.45, 2.75) is 6.36 Å². The number of nitrogens with zero attached hydrogens (tertiary/aromatic N) is 1. The van der Waals surface area contributed by atoms with Crippen molar-refractivity contribution < 1.29 is 22.3 Å². The van der Waals surface area contributed by atoms with Gasteiger partial charge in [-0.05, 0) is 17.7 Å². The summed E-state index contributed by atoms with van der Waals surface area (Å²) in [5, 5.41) is 0. The first-order chi connectivity index (χ1) is 8.87. The number of pyridine rings is 1. The van der Waals surface area contributed by atoms with Gasteiger partial charge in [-0.2, -0.15) is 0 Å². The maximum absolute atomic E-state index is 13.2. The molecule has 0 amide bonds. The van der Waals surface area contributed by atoms with E-state index in [1.807, 2.05) is 0 Å². The van der Waals surface area contributed by atoms with E-state index in [0.717, 1.165) is 18.3 Å². The number of ether oxygens (including phenoxy) is 1. The van der Waals surface area contributed by atoms with Gasteiger partial charge in [0.2, 0.25) is 0 Å². The van der Waals surface area contributed by atoms with Crippen LogP contribution < -0.4 is 10.5 Å². The van der Waals surface area contributed by atoms with Crippen LogP contribution in [0.2, 0.25) is 0 Å². The number of nitrogen functional groups attached to an aromatic ring is 1. The highest BCUT2D eigenvalue weighted by Gasteiger charge is 2.31. The topological polar surface area (TPSA) is 48.1 Å². The van der Waals surface area contributed by atoms with E-state index in [2.05, 4.69) is 9.72 Å². The Labute approximate surface area is 105 Å². The van der Waals surface area contributed by atoms with E-state index in [9.17, 15) is 17.6 Å². The molecule has 1 aromatic carbocycles. The van der Waals surface area contributed by atoms with Crippen molar-refractivity contribution in [3.8, 4) is 16.9 Å². The van der Waals surface area contributed by atoms with Gasteiger partial charge in [-0.25, -0.2) is 4.39 Å². The van der Waals surface area contributed by atoms with Crippen molar-refractivity contribution in [3.05, 3.63) is 42.5 Å². The molecule has 0 radical (unpaired) electrons. The van der Waals surface area contributed by atoms with E-state index < -0.39 is 17.9 Å². The first-order valence-electron chi connectivity index (χ1n) is 5.12. The minimum absolute atomic E-state index is 0.181. The van der Waals surface area contributed by atoms with Crippen molar-refractivity contribution in [2.24, 2.45) is 0 Å². The van der Waals surface area contributed by atoms with Gasteiger partial charge in [-0.3, -0.25) is 4.98 Å². The van der Waals surface area contributed by atoms with E-state index in [1.165, 1.54) is 18.3 Å². The van der Waals surface area contributed by atoms with Crippen LogP contribution in [0.1, 0.15) is 0 Å². The predicted molar refractivity (Wildman–Crippen MR) is 60.7 cm³/mol. The summed E-state index contributed by atoms with van der Waals surface area (Å²) in [5.74, 6) is -1.15. The molecular weight excluding hydrogens is 264 g/mol. The number of halogens is 4. The fourth-order valence-corrected chi connectivity index (χ4v) is 1.54. The molecule has 0 fully saturated rings. The summed E-state index contributed by atoms with van der Waals surface area (Å²) in [7, 11) is 0. The highest BCUT2D eigenvalue weighted by Crippen LogP contribution is 2.31. The highest BCUT2D eigenvalue weighted by atomic mass is 19.4. The fourth-order valence-electron chi connectivity index (χ4n) is 1.54. The van der Waals surface area contributed by atoms with Crippen molar-refractivity contribution in [2.75, 3.05) is 5.73 Å². The Morgan fingerprint density at radius 3 is 2.58 bits per heavy atom. The molecule has 3 nitrogen and oxygen atoms in total. The second kappa shape index (κ2) is 4.75. The van der Waals surface area contributed by atoms with Crippen molar-refractivity contribution in [1.29, 1.82) is 0 Å². The van der Waals surface area contributed by atoms with Gasteiger partial charge in [0.1, 0.15) is 5.75 Å². The van der Waals surface area contributed by atoms with Crippen LogP contribution in [-0.4, -0.2) is 11.3 Å². The summed E-state index contributed by atoms with van der Waals surface area (Å²) in [4.78, 5) is 3.61. The molecule has 2 aromatic rings. The molecule has 0 aliphatic carbocycles. The van der Waals surface area contributed by atoms with Crippen molar-refractivity contribution in [3.63, 3.8) is 0 Å². The summed E-state index contributed by atoms with van der Waals surface area (Å²) in [6, 6.07) is 5.08. The lowest BCUT2D eigenvalue weighted by molar-refractivity contribution is -0.274. The lowest BCUT2D eigenvalue weighted by Gasteiger charge is -2.11. The third-order valence-electron chi connectivity index (χ3n) is 2.32. The molecule has 2 rings (SSSR count). The molecule has 0 atom stereocenters. The molecule has 0 bridgehead atoms. The summed E-state index contributed by atoms with van der Waals surface area (Å²) in [6.07, 6.45) is -2.59. The normalized spacial score (nSPS) is 11.4. The molecule has 1 aromatic heterocycles. The average Bonchev–Trinajstić information content (AvgIpc) is 2.31. The van der Waals surface area contributed by atoms with Crippen molar-refractivity contribution in [1.82, 2.24) is 4.98 Å². The molecule has 2 N–H and O–H groups in total. The number of anilines is 1. The van der Waals surface area contributed by atoms with Gasteiger partial charge < -0.3 is 10.5 Å². The van der Waals surface area contributed by atoms with Gasteiger partial charge in [-0.15, -0.1) is 13.2 Å². The minimum Gasteiger partial charge on any atom is -0.406 e. The Morgan fingerprint density at radius 2 is 1.89 bits per heavy atom. The molecule has 0 aliphatic heterocycles. The third kappa shape index (κ3) is 3.12. The summed E-state index contributed by atoms with van der Waals surface area (Å²) in [5.41, 5.74) is 5.82. The van der Waals surface area contributed by atoms with Gasteiger partial charge in [0, 0.05) is 11.8 Å². The van der Waals surface area contributed by atoms with Crippen LogP contribution >= 0.6 is 0 Å². The number of rotatable bonds is 2. The van der Waals surface area contributed by atoms with Crippen LogP contribution in [0.3, 0.4) is 0 Å². The minimum atomic E-state index is -4.79. The Morgan fingerprint density at radius 1 is 1.16 bits per heavy atom. The second-order valence-corrected chi connectivity index (χ2v) is 3.66. The van der Waals surface area contributed by atoms with Crippen LogP contribution in [0.4, 0.5) is 23.2 Å². The van der Waals surface area contributed by atoms with Crippen molar-refractivity contribution >= 4 is 5.69 Å². The molecule has 100 valence electrons. The molecule has 0 saturated heterocycles. The summed E-state index contributed by atoms with van der Waals surface area (Å²) < 4.78 is 53.3. The maximum Gasteiger partial charge on any atom is 0.573 e. The van der Waals surface area contributed by atoms with Gasteiger partial charge in [-0.1, -0.05) is 12.1 Å². The highest BCUT2D eigenvalue weighted by molar-refractivity contribution is 5.76. The quantitative estimate of drug-likeness (QED) is 0.853. The molecule has 7 heteroatoms. The number of nitrogens with two attached hydrogens (primary N) is 1. The lowest BCUT2D eigenvalue weighted by atomic mass is 10.1. The number of hydrogen-bond donors (Lipinski definition) is 1. The van der Waals surface area contributed by atoms with E-state index in [0.29, 0.717) is 0 Å². The fraction of sp³-hybridized carbons (Fsp3) is 0.0833. The molecule has 19 heavy (non-hydrogen) atoms. The van der Waals surface area contributed by atoms with E-state index in [-0.39, 0.29) is 16.8 Å². The van der Waals surface area contributed by atoms with E-state index in [1.54, 1.807) is 0 Å². The molecule has 1 heterocycles. The molecule has 0 aliphatic rings. The Balaban J connectivity index is 2.41. The first-order valence-corrected chi connectivity index (χ1v) is 5.12. The smallest absolute Gasteiger partial charge is 0.406 e. The van der Waals surface area contributed by atoms with Gasteiger partial charge in [0.25, 0.3) is 0 Å². The van der Waals surface area contributed by atoms with Crippen LogP contribution in [0.15, 0.2) is 36.7 Å². The van der Waals surface area contributed by atoms with Crippen LogP contribution in [0, 0.1) is 5.82 Å². The molecule has 0 unspecified atom stereocenters. The van der Waals surface area contributed by atoms with Gasteiger partial charge >= 0.3 is 6.36 Å². The third-order valence-corrected chi connectivity index (χ3v) is 2.32. The number of hydrogen-bond acceptors (Lipinski definition) is 3. The monoisotopic (exact) mass is 272 g/mol. The number of aromatic nitrogens is 1. The Hall–Kier alpha value is -2.31. The zero-order chi connectivity index (χ0) is 14.0. The van der Waals surface area contributed by atoms with Gasteiger partial charge in [0.15, 0.2) is 5.82 Å². The molecular formula is C12H8F4N2O. The van der Waals surface area contributed by atoms with E-state index >= 15 is 0 Å². The van der Waals surface area contributed by atoms with Crippen LogP contribution in [0.25, 0.3) is 11.1 Å². The average molecular weight is 272 g/mol. The second-order valence-electron chi connectivity index (χ2n) is 3.66. The number of benzene rings is 1. The summed E-state index contributed by atoms with van der Waals surface area (Å²) in [6.45, 7) is 0. The van der Waals surface area contributed by atoms with E-state index in [4.69, 9.17) is 5.73 Å². The van der Waals surface area contributed by atoms with Crippen LogP contribution in [0.5, 0.6) is 5.75 Å². The van der Waals surface area contributed by atoms with Gasteiger partial charge in [0.05, 0.1) is 11.9 Å². The zero-order valence-corrected chi connectivity index (χ0v) is 9.41. The Kier molecular flexibility index (Phi) is 3.28. The predicted octanol–water partition coefficient (Wildman–Crippen LogP) is 3.37. The molecule has 0 saturated carbocycles. The van der Waals surface area contributed by atoms with Crippen LogP contribution in [-0.2, 0) is 0 Å².